The molecule has 0 aliphatic heterocycles. The van der Waals surface area contributed by atoms with Gasteiger partial charge in [0.1, 0.15) is 5.69 Å². The van der Waals surface area contributed by atoms with Crippen LogP contribution in [-0.4, -0.2) is 9.97 Å². The summed E-state index contributed by atoms with van der Waals surface area (Å²) in [5, 5.41) is 0.0836. The summed E-state index contributed by atoms with van der Waals surface area (Å²) >= 11 is 3.76. The lowest BCUT2D eigenvalue weighted by atomic mass is 10.3. The summed E-state index contributed by atoms with van der Waals surface area (Å²) in [5.41, 5.74) is 0.225. The molecule has 5 heteroatoms. The van der Waals surface area contributed by atoms with Crippen LogP contribution in [0.1, 0.15) is 17.8 Å². The topological polar surface area (TPSA) is 25.8 Å². The van der Waals surface area contributed by atoms with Crippen LogP contribution in [0.15, 0.2) is 11.2 Å². The highest BCUT2D eigenvalue weighted by molar-refractivity contribution is 7.80. The number of aryl methyl sites for hydroxylation is 1. The average Bonchev–Trinajstić information content (AvgIpc) is 1.85. The van der Waals surface area contributed by atoms with Crippen molar-refractivity contribution in [3.8, 4) is 0 Å². The van der Waals surface area contributed by atoms with E-state index in [1.165, 1.54) is 6.07 Å². The molecule has 0 aliphatic rings. The van der Waals surface area contributed by atoms with Gasteiger partial charge in [0.05, 0.1) is 0 Å². The van der Waals surface area contributed by atoms with Crippen molar-refractivity contribution in [3.05, 3.63) is 17.5 Å². The third-order valence-electron chi connectivity index (χ3n) is 1.09. The van der Waals surface area contributed by atoms with Crippen LogP contribution in [0.25, 0.3) is 0 Å². The van der Waals surface area contributed by atoms with Crippen LogP contribution in [0.2, 0.25) is 0 Å². The summed E-state index contributed by atoms with van der Waals surface area (Å²) in [7, 11) is 0. The van der Waals surface area contributed by atoms with Gasteiger partial charge in [-0.15, -0.1) is 12.6 Å². The largest absolute Gasteiger partial charge is 0.280 e. The van der Waals surface area contributed by atoms with E-state index < -0.39 is 6.43 Å². The second-order valence-electron chi connectivity index (χ2n) is 2.03. The number of thiol groups is 1. The van der Waals surface area contributed by atoms with Crippen LogP contribution in [0.5, 0.6) is 0 Å². The molecular weight excluding hydrogens is 170 g/mol. The predicted octanol–water partition coefficient (Wildman–Crippen LogP) is 2.01. The Bertz CT molecular complexity index is 245. The van der Waals surface area contributed by atoms with Gasteiger partial charge >= 0.3 is 0 Å². The van der Waals surface area contributed by atoms with Gasteiger partial charge in [0.15, 0.2) is 5.16 Å². The molecule has 11 heavy (non-hydrogen) atoms. The third-order valence-corrected chi connectivity index (χ3v) is 1.29. The van der Waals surface area contributed by atoms with Crippen molar-refractivity contribution in [2.75, 3.05) is 0 Å². The van der Waals surface area contributed by atoms with Gasteiger partial charge in [-0.2, -0.15) is 0 Å². The SMILES string of the molecule is Cc1cc(C(F)F)nc(S)n1. The molecular formula is C6H6F2N2S. The smallest absolute Gasteiger partial charge is 0.228 e. The van der Waals surface area contributed by atoms with E-state index >= 15 is 0 Å². The van der Waals surface area contributed by atoms with Crippen molar-refractivity contribution in [1.29, 1.82) is 0 Å². The second-order valence-corrected chi connectivity index (χ2v) is 2.43. The number of aromatic nitrogens is 2. The maximum Gasteiger partial charge on any atom is 0.280 e. The average molecular weight is 176 g/mol. The fourth-order valence-electron chi connectivity index (χ4n) is 0.689. The van der Waals surface area contributed by atoms with Gasteiger partial charge in [-0.05, 0) is 13.0 Å². The Labute approximate surface area is 68.1 Å². The van der Waals surface area contributed by atoms with Gasteiger partial charge < -0.3 is 0 Å². The zero-order valence-electron chi connectivity index (χ0n) is 5.75. The molecule has 0 unspecified atom stereocenters. The lowest BCUT2D eigenvalue weighted by molar-refractivity contribution is 0.145. The summed E-state index contributed by atoms with van der Waals surface area (Å²) in [4.78, 5) is 7.17. The van der Waals surface area contributed by atoms with Crippen molar-refractivity contribution >= 4 is 12.6 Å². The number of rotatable bonds is 1. The molecule has 0 fully saturated rings. The van der Waals surface area contributed by atoms with E-state index in [1.807, 2.05) is 0 Å². The van der Waals surface area contributed by atoms with Gasteiger partial charge in [-0.1, -0.05) is 0 Å². The normalized spacial score (nSPS) is 10.6. The summed E-state index contributed by atoms with van der Waals surface area (Å²) in [6.07, 6.45) is -2.55. The third kappa shape index (κ3) is 2.11. The molecule has 0 atom stereocenters. The first-order valence-corrected chi connectivity index (χ1v) is 3.37. The van der Waals surface area contributed by atoms with E-state index in [0.717, 1.165) is 0 Å². The van der Waals surface area contributed by atoms with Crippen LogP contribution in [-0.2, 0) is 0 Å². The molecule has 0 aromatic carbocycles. The van der Waals surface area contributed by atoms with Gasteiger partial charge in [0, 0.05) is 5.69 Å². The monoisotopic (exact) mass is 176 g/mol. The molecule has 1 heterocycles. The van der Waals surface area contributed by atoms with Crippen molar-refractivity contribution in [2.24, 2.45) is 0 Å². The summed E-state index contributed by atoms with van der Waals surface area (Å²) in [6.45, 7) is 1.62. The van der Waals surface area contributed by atoms with Crippen LogP contribution in [0.4, 0.5) is 8.78 Å². The molecule has 0 aliphatic carbocycles. The quantitative estimate of drug-likeness (QED) is 0.523. The Balaban J connectivity index is 3.08. The van der Waals surface area contributed by atoms with Crippen LogP contribution in [0, 0.1) is 6.92 Å². The maximum absolute atomic E-state index is 12.0. The highest BCUT2D eigenvalue weighted by Crippen LogP contribution is 2.17. The molecule has 0 N–H and O–H groups in total. The van der Waals surface area contributed by atoms with Crippen molar-refractivity contribution in [1.82, 2.24) is 9.97 Å². The van der Waals surface area contributed by atoms with Gasteiger partial charge in [-0.25, -0.2) is 18.7 Å². The summed E-state index contributed by atoms with van der Waals surface area (Å²) in [6, 6.07) is 1.24. The van der Waals surface area contributed by atoms with E-state index in [2.05, 4.69) is 22.6 Å². The Morgan fingerprint density at radius 3 is 2.55 bits per heavy atom. The van der Waals surface area contributed by atoms with Crippen molar-refractivity contribution in [2.45, 2.75) is 18.5 Å². The molecule has 1 aromatic heterocycles. The zero-order valence-corrected chi connectivity index (χ0v) is 6.65. The molecule has 1 aromatic rings. The zero-order chi connectivity index (χ0) is 8.43. The molecule has 0 saturated carbocycles. The van der Waals surface area contributed by atoms with E-state index in [9.17, 15) is 8.78 Å². The number of halogens is 2. The fraction of sp³-hybridized carbons (Fsp3) is 0.333. The lowest BCUT2D eigenvalue weighted by Crippen LogP contribution is -1.95. The second kappa shape index (κ2) is 3.13. The maximum atomic E-state index is 12.0. The molecule has 0 spiro atoms. The Morgan fingerprint density at radius 2 is 2.09 bits per heavy atom. The first-order chi connectivity index (χ1) is 5.09. The summed E-state index contributed by atoms with van der Waals surface area (Å²) in [5.74, 6) is 0. The van der Waals surface area contributed by atoms with Crippen LogP contribution < -0.4 is 0 Å². The lowest BCUT2D eigenvalue weighted by Gasteiger charge is -1.99. The Kier molecular flexibility index (Phi) is 2.38. The number of nitrogens with zero attached hydrogens (tertiary/aromatic N) is 2. The minimum atomic E-state index is -2.55. The van der Waals surface area contributed by atoms with Crippen LogP contribution in [0.3, 0.4) is 0 Å². The van der Waals surface area contributed by atoms with E-state index in [0.29, 0.717) is 5.69 Å². The minimum Gasteiger partial charge on any atom is -0.228 e. The van der Waals surface area contributed by atoms with Gasteiger partial charge in [0.25, 0.3) is 6.43 Å². The molecule has 60 valence electrons. The minimum absolute atomic E-state index is 0.0836. The van der Waals surface area contributed by atoms with Crippen LogP contribution >= 0.6 is 12.6 Å². The molecule has 2 nitrogen and oxygen atoms in total. The standard InChI is InChI=1S/C6H6F2N2S/c1-3-2-4(5(7)8)10-6(11)9-3/h2,5H,1H3,(H,9,10,11). The van der Waals surface area contributed by atoms with Crippen molar-refractivity contribution < 1.29 is 8.78 Å². The molecule has 1 rings (SSSR count). The number of hydrogen-bond acceptors (Lipinski definition) is 3. The van der Waals surface area contributed by atoms with E-state index in [1.54, 1.807) is 6.92 Å². The van der Waals surface area contributed by atoms with Crippen molar-refractivity contribution in [3.63, 3.8) is 0 Å². The Morgan fingerprint density at radius 1 is 1.45 bits per heavy atom. The Hall–Kier alpha value is -0.710. The molecule has 0 saturated heterocycles. The predicted molar refractivity (Wildman–Crippen MR) is 39.0 cm³/mol. The van der Waals surface area contributed by atoms with Gasteiger partial charge in [-0.3, -0.25) is 0 Å². The number of alkyl halides is 2. The first kappa shape index (κ1) is 8.39. The van der Waals surface area contributed by atoms with E-state index in [-0.39, 0.29) is 10.9 Å². The molecule has 0 amide bonds. The molecule has 0 radical (unpaired) electrons. The van der Waals surface area contributed by atoms with Gasteiger partial charge in [0.2, 0.25) is 0 Å². The fourth-order valence-corrected chi connectivity index (χ4v) is 0.962. The highest BCUT2D eigenvalue weighted by Gasteiger charge is 2.09. The molecule has 0 bridgehead atoms. The first-order valence-electron chi connectivity index (χ1n) is 2.92. The number of hydrogen-bond donors (Lipinski definition) is 1. The highest BCUT2D eigenvalue weighted by atomic mass is 32.1. The van der Waals surface area contributed by atoms with E-state index in [4.69, 9.17) is 0 Å². The summed E-state index contributed by atoms with van der Waals surface area (Å²) < 4.78 is 24.0.